The van der Waals surface area contributed by atoms with Crippen molar-refractivity contribution in [1.29, 1.82) is 0 Å². The summed E-state index contributed by atoms with van der Waals surface area (Å²) in [5.41, 5.74) is 0.767. The number of carboxylic acids is 1. The smallest absolute Gasteiger partial charge is 0.309 e. The van der Waals surface area contributed by atoms with E-state index in [0.717, 1.165) is 5.56 Å². The highest BCUT2D eigenvalue weighted by molar-refractivity contribution is 5.73. The number of nitrogens with one attached hydrogen (secondary N) is 1. The van der Waals surface area contributed by atoms with Gasteiger partial charge in [-0.25, -0.2) is 4.39 Å². The lowest BCUT2D eigenvalue weighted by atomic mass is 9.90. The third-order valence-corrected chi connectivity index (χ3v) is 3.07. The molecule has 18 heavy (non-hydrogen) atoms. The molecule has 0 aliphatic heterocycles. The SMILES string of the molecule is Cc1ccc(CNCCC(C)(C)C(=O)O)cc1F. The Morgan fingerprint density at radius 3 is 2.67 bits per heavy atom. The molecule has 0 radical (unpaired) electrons. The highest BCUT2D eigenvalue weighted by Gasteiger charge is 2.25. The summed E-state index contributed by atoms with van der Waals surface area (Å²) < 4.78 is 13.3. The molecule has 1 aromatic rings. The van der Waals surface area contributed by atoms with Gasteiger partial charge in [0.05, 0.1) is 5.41 Å². The lowest BCUT2D eigenvalue weighted by molar-refractivity contribution is -0.147. The van der Waals surface area contributed by atoms with Gasteiger partial charge in [0, 0.05) is 6.54 Å². The molecule has 0 atom stereocenters. The van der Waals surface area contributed by atoms with E-state index in [-0.39, 0.29) is 5.82 Å². The highest BCUT2D eigenvalue weighted by atomic mass is 19.1. The quantitative estimate of drug-likeness (QED) is 0.766. The fraction of sp³-hybridized carbons (Fsp3) is 0.500. The summed E-state index contributed by atoms with van der Waals surface area (Å²) in [4.78, 5) is 10.9. The molecule has 1 aromatic carbocycles. The van der Waals surface area contributed by atoms with E-state index in [9.17, 15) is 9.18 Å². The van der Waals surface area contributed by atoms with Crippen LogP contribution >= 0.6 is 0 Å². The molecule has 0 spiro atoms. The van der Waals surface area contributed by atoms with Crippen LogP contribution in [0.3, 0.4) is 0 Å². The van der Waals surface area contributed by atoms with Crippen LogP contribution in [0, 0.1) is 18.2 Å². The summed E-state index contributed by atoms with van der Waals surface area (Å²) >= 11 is 0. The second kappa shape index (κ2) is 5.96. The number of carbonyl (C=O) groups is 1. The average Bonchev–Trinajstić information content (AvgIpc) is 2.29. The van der Waals surface area contributed by atoms with Gasteiger partial charge < -0.3 is 10.4 Å². The Morgan fingerprint density at radius 1 is 1.44 bits per heavy atom. The van der Waals surface area contributed by atoms with E-state index >= 15 is 0 Å². The lowest BCUT2D eigenvalue weighted by Crippen LogP contribution is -2.28. The van der Waals surface area contributed by atoms with Crippen LogP contribution in [-0.4, -0.2) is 17.6 Å². The van der Waals surface area contributed by atoms with Crippen molar-refractivity contribution < 1.29 is 14.3 Å². The van der Waals surface area contributed by atoms with Crippen LogP contribution in [0.25, 0.3) is 0 Å². The molecule has 4 heteroatoms. The van der Waals surface area contributed by atoms with Crippen molar-refractivity contribution in [3.63, 3.8) is 0 Å². The van der Waals surface area contributed by atoms with Crippen LogP contribution in [0.1, 0.15) is 31.4 Å². The summed E-state index contributed by atoms with van der Waals surface area (Å²) in [7, 11) is 0. The third-order valence-electron chi connectivity index (χ3n) is 3.07. The van der Waals surface area contributed by atoms with E-state index in [1.807, 2.05) is 6.07 Å². The number of hydrogen-bond acceptors (Lipinski definition) is 2. The maximum absolute atomic E-state index is 13.3. The van der Waals surface area contributed by atoms with Gasteiger partial charge in [-0.1, -0.05) is 12.1 Å². The molecule has 0 heterocycles. The Morgan fingerprint density at radius 2 is 2.11 bits per heavy atom. The van der Waals surface area contributed by atoms with E-state index in [1.165, 1.54) is 6.07 Å². The van der Waals surface area contributed by atoms with Gasteiger partial charge in [0.15, 0.2) is 0 Å². The van der Waals surface area contributed by atoms with Crippen LogP contribution in [-0.2, 0) is 11.3 Å². The van der Waals surface area contributed by atoms with E-state index in [4.69, 9.17) is 5.11 Å². The Kier molecular flexibility index (Phi) is 4.84. The number of hydrogen-bond donors (Lipinski definition) is 2. The zero-order valence-corrected chi connectivity index (χ0v) is 11.1. The summed E-state index contributed by atoms with van der Waals surface area (Å²) in [5, 5.41) is 12.1. The van der Waals surface area contributed by atoms with Crippen molar-refractivity contribution in [3.05, 3.63) is 35.1 Å². The summed E-state index contributed by atoms with van der Waals surface area (Å²) in [6, 6.07) is 5.12. The van der Waals surface area contributed by atoms with Gasteiger partial charge in [0.2, 0.25) is 0 Å². The monoisotopic (exact) mass is 253 g/mol. The standard InChI is InChI=1S/C14H20FNO2/c1-10-4-5-11(8-12(10)15)9-16-7-6-14(2,3)13(17)18/h4-5,8,16H,6-7,9H2,1-3H3,(H,17,18). The number of rotatable bonds is 6. The molecular formula is C14H20FNO2. The number of halogens is 1. The van der Waals surface area contributed by atoms with Crippen LogP contribution in [0.4, 0.5) is 4.39 Å². The normalized spacial score (nSPS) is 11.6. The fourth-order valence-corrected chi connectivity index (χ4v) is 1.49. The molecule has 100 valence electrons. The first kappa shape index (κ1) is 14.6. The first-order valence-corrected chi connectivity index (χ1v) is 6.02. The third kappa shape index (κ3) is 4.11. The van der Waals surface area contributed by atoms with Gasteiger partial charge in [0.25, 0.3) is 0 Å². The van der Waals surface area contributed by atoms with Crippen molar-refractivity contribution in [2.24, 2.45) is 5.41 Å². The van der Waals surface area contributed by atoms with Crippen molar-refractivity contribution in [2.45, 2.75) is 33.7 Å². The van der Waals surface area contributed by atoms with Gasteiger partial charge in [-0.2, -0.15) is 0 Å². The van der Waals surface area contributed by atoms with Crippen molar-refractivity contribution in [2.75, 3.05) is 6.54 Å². The zero-order chi connectivity index (χ0) is 13.8. The minimum absolute atomic E-state index is 0.208. The van der Waals surface area contributed by atoms with Gasteiger partial charge in [-0.05, 0) is 50.9 Å². The first-order chi connectivity index (χ1) is 8.33. The second-order valence-corrected chi connectivity index (χ2v) is 5.20. The predicted octanol–water partition coefficient (Wildman–Crippen LogP) is 2.72. The minimum atomic E-state index is -0.800. The Bertz CT molecular complexity index is 430. The molecule has 3 nitrogen and oxygen atoms in total. The number of aliphatic carboxylic acids is 1. The molecule has 0 aliphatic rings. The number of carboxylic acid groups (broad SMARTS) is 1. The molecule has 0 saturated heterocycles. The molecule has 0 bridgehead atoms. The Balaban J connectivity index is 2.38. The van der Waals surface area contributed by atoms with Gasteiger partial charge >= 0.3 is 5.97 Å². The maximum atomic E-state index is 13.3. The fourth-order valence-electron chi connectivity index (χ4n) is 1.49. The Hall–Kier alpha value is -1.42. The maximum Gasteiger partial charge on any atom is 0.309 e. The van der Waals surface area contributed by atoms with E-state index in [2.05, 4.69) is 5.32 Å². The van der Waals surface area contributed by atoms with Crippen LogP contribution in [0.15, 0.2) is 18.2 Å². The van der Waals surface area contributed by atoms with Crippen molar-refractivity contribution >= 4 is 5.97 Å². The molecular weight excluding hydrogens is 233 g/mol. The van der Waals surface area contributed by atoms with Crippen LogP contribution < -0.4 is 5.32 Å². The summed E-state index contributed by atoms with van der Waals surface area (Å²) in [6.07, 6.45) is 0.538. The van der Waals surface area contributed by atoms with E-state index in [1.54, 1.807) is 26.8 Å². The largest absolute Gasteiger partial charge is 0.481 e. The topological polar surface area (TPSA) is 49.3 Å². The molecule has 0 fully saturated rings. The molecule has 0 unspecified atom stereocenters. The van der Waals surface area contributed by atoms with Crippen molar-refractivity contribution in [3.8, 4) is 0 Å². The second-order valence-electron chi connectivity index (χ2n) is 5.20. The summed E-state index contributed by atoms with van der Waals surface area (Å²) in [6.45, 7) is 6.26. The van der Waals surface area contributed by atoms with Gasteiger partial charge in [0.1, 0.15) is 5.82 Å². The molecule has 0 amide bonds. The van der Waals surface area contributed by atoms with Gasteiger partial charge in [-0.3, -0.25) is 4.79 Å². The van der Waals surface area contributed by atoms with Crippen molar-refractivity contribution in [1.82, 2.24) is 5.32 Å². The Labute approximate surface area is 107 Å². The average molecular weight is 253 g/mol. The molecule has 1 rings (SSSR count). The first-order valence-electron chi connectivity index (χ1n) is 6.02. The van der Waals surface area contributed by atoms with Gasteiger partial charge in [-0.15, -0.1) is 0 Å². The van der Waals surface area contributed by atoms with Crippen LogP contribution in [0.2, 0.25) is 0 Å². The summed E-state index contributed by atoms with van der Waals surface area (Å²) in [5.74, 6) is -1.01. The molecule has 0 saturated carbocycles. The number of aryl methyl sites for hydroxylation is 1. The van der Waals surface area contributed by atoms with E-state index < -0.39 is 11.4 Å². The molecule has 0 aliphatic carbocycles. The molecule has 0 aromatic heterocycles. The number of benzene rings is 1. The molecule has 2 N–H and O–H groups in total. The minimum Gasteiger partial charge on any atom is -0.481 e. The highest BCUT2D eigenvalue weighted by Crippen LogP contribution is 2.19. The lowest BCUT2D eigenvalue weighted by Gasteiger charge is -2.19. The predicted molar refractivity (Wildman–Crippen MR) is 68.9 cm³/mol. The zero-order valence-electron chi connectivity index (χ0n) is 11.1. The van der Waals surface area contributed by atoms with E-state index in [0.29, 0.717) is 25.1 Å². The van der Waals surface area contributed by atoms with Crippen LogP contribution in [0.5, 0.6) is 0 Å².